The van der Waals surface area contributed by atoms with Crippen LogP contribution in [-0.4, -0.2) is 27.7 Å². The number of thiophene rings is 1. The zero-order valence-electron chi connectivity index (χ0n) is 15.8. The number of halogens is 1. The lowest BCUT2D eigenvalue weighted by Crippen LogP contribution is -2.12. The van der Waals surface area contributed by atoms with Crippen LogP contribution in [0.25, 0.3) is 21.5 Å². The van der Waals surface area contributed by atoms with Crippen molar-refractivity contribution in [1.29, 1.82) is 0 Å². The number of hydrogen-bond acceptors (Lipinski definition) is 5. The Bertz CT molecular complexity index is 1100. The van der Waals surface area contributed by atoms with Gasteiger partial charge >= 0.3 is 0 Å². The Balaban J connectivity index is 1.46. The zero-order valence-corrected chi connectivity index (χ0v) is 18.2. The van der Waals surface area contributed by atoms with Crippen molar-refractivity contribution >= 4 is 44.0 Å². The molecule has 0 atom stereocenters. The van der Waals surface area contributed by atoms with E-state index in [4.69, 9.17) is 4.74 Å². The number of aryl methyl sites for hydroxylation is 1. The van der Waals surface area contributed by atoms with E-state index >= 15 is 0 Å². The number of nitrogens with one attached hydrogen (secondary N) is 1. The Morgan fingerprint density at radius 2 is 2.11 bits per heavy atom. The van der Waals surface area contributed by atoms with Gasteiger partial charge in [0.05, 0.1) is 17.2 Å². The average Bonchev–Trinajstić information content (AvgIpc) is 3.28. The SMILES string of the molecule is CCOc1csc(-c2cc(NCCn3c(C)cc4c(Br)cccc43)ncn2)c1. The topological polar surface area (TPSA) is 52.0 Å². The quantitative estimate of drug-likeness (QED) is 0.385. The molecule has 0 fully saturated rings. The average molecular weight is 457 g/mol. The van der Waals surface area contributed by atoms with E-state index in [0.29, 0.717) is 6.61 Å². The van der Waals surface area contributed by atoms with Crippen LogP contribution in [0, 0.1) is 6.92 Å². The van der Waals surface area contributed by atoms with E-state index in [1.165, 1.54) is 16.6 Å². The van der Waals surface area contributed by atoms with Crippen LogP contribution in [-0.2, 0) is 6.54 Å². The van der Waals surface area contributed by atoms with Crippen molar-refractivity contribution in [3.8, 4) is 16.3 Å². The van der Waals surface area contributed by atoms with E-state index in [1.807, 2.05) is 24.4 Å². The Labute approximate surface area is 176 Å². The van der Waals surface area contributed by atoms with Gasteiger partial charge in [0.15, 0.2) is 0 Å². The second-order valence-electron chi connectivity index (χ2n) is 6.40. The summed E-state index contributed by atoms with van der Waals surface area (Å²) < 4.78 is 8.99. The first-order valence-electron chi connectivity index (χ1n) is 9.17. The standard InChI is InChI=1S/C21H21BrN4OS/c1-3-27-15-10-20(28-12-15)18-11-21(25-13-24-18)23-7-8-26-14(2)9-16-17(22)5-4-6-19(16)26/h4-6,9-13H,3,7-8H2,1-2H3,(H,23,24,25). The van der Waals surface area contributed by atoms with E-state index < -0.39 is 0 Å². The minimum Gasteiger partial charge on any atom is -0.493 e. The van der Waals surface area contributed by atoms with Crippen LogP contribution >= 0.6 is 27.3 Å². The monoisotopic (exact) mass is 456 g/mol. The van der Waals surface area contributed by atoms with Gasteiger partial charge in [-0.1, -0.05) is 22.0 Å². The molecule has 0 unspecified atom stereocenters. The Hall–Kier alpha value is -2.38. The lowest BCUT2D eigenvalue weighted by Gasteiger charge is -2.10. The molecule has 0 aliphatic carbocycles. The highest BCUT2D eigenvalue weighted by molar-refractivity contribution is 9.10. The van der Waals surface area contributed by atoms with Gasteiger partial charge < -0.3 is 14.6 Å². The van der Waals surface area contributed by atoms with Crippen molar-refractivity contribution in [1.82, 2.24) is 14.5 Å². The first-order valence-corrected chi connectivity index (χ1v) is 10.8. The van der Waals surface area contributed by atoms with Crippen molar-refractivity contribution in [3.05, 3.63) is 58.3 Å². The molecule has 0 aliphatic heterocycles. The molecular weight excluding hydrogens is 436 g/mol. The predicted molar refractivity (Wildman–Crippen MR) is 119 cm³/mol. The molecule has 0 bridgehead atoms. The molecule has 0 radical (unpaired) electrons. The van der Waals surface area contributed by atoms with E-state index in [0.717, 1.165) is 39.7 Å². The summed E-state index contributed by atoms with van der Waals surface area (Å²) in [6, 6.07) is 12.5. The van der Waals surface area contributed by atoms with Gasteiger partial charge in [0.2, 0.25) is 0 Å². The molecule has 144 valence electrons. The molecule has 0 saturated heterocycles. The zero-order chi connectivity index (χ0) is 19.5. The number of fused-ring (bicyclic) bond motifs is 1. The van der Waals surface area contributed by atoms with Gasteiger partial charge in [0.25, 0.3) is 0 Å². The molecule has 0 spiro atoms. The molecule has 1 N–H and O–H groups in total. The maximum absolute atomic E-state index is 5.54. The number of nitrogens with zero attached hydrogens (tertiary/aromatic N) is 3. The Morgan fingerprint density at radius 3 is 2.96 bits per heavy atom. The number of hydrogen-bond donors (Lipinski definition) is 1. The van der Waals surface area contributed by atoms with Crippen molar-refractivity contribution in [2.45, 2.75) is 20.4 Å². The third kappa shape index (κ3) is 3.91. The minimum atomic E-state index is 0.664. The smallest absolute Gasteiger partial charge is 0.130 e. The molecule has 0 aliphatic rings. The van der Waals surface area contributed by atoms with Gasteiger partial charge in [-0.3, -0.25) is 0 Å². The van der Waals surface area contributed by atoms with Gasteiger partial charge in [0.1, 0.15) is 17.9 Å². The highest BCUT2D eigenvalue weighted by Gasteiger charge is 2.09. The lowest BCUT2D eigenvalue weighted by molar-refractivity contribution is 0.342. The largest absolute Gasteiger partial charge is 0.493 e. The van der Waals surface area contributed by atoms with Gasteiger partial charge in [-0.2, -0.15) is 0 Å². The summed E-state index contributed by atoms with van der Waals surface area (Å²) in [4.78, 5) is 9.83. The van der Waals surface area contributed by atoms with E-state index in [1.54, 1.807) is 17.7 Å². The number of anilines is 1. The molecule has 3 heterocycles. The highest BCUT2D eigenvalue weighted by Crippen LogP contribution is 2.30. The van der Waals surface area contributed by atoms with Crippen molar-refractivity contribution in [3.63, 3.8) is 0 Å². The van der Waals surface area contributed by atoms with Crippen molar-refractivity contribution in [2.75, 3.05) is 18.5 Å². The van der Waals surface area contributed by atoms with Crippen LogP contribution in [0.2, 0.25) is 0 Å². The van der Waals surface area contributed by atoms with Crippen LogP contribution in [0.5, 0.6) is 5.75 Å². The third-order valence-corrected chi connectivity index (χ3v) is 6.17. The molecule has 5 nitrogen and oxygen atoms in total. The molecule has 1 aromatic carbocycles. The molecule has 7 heteroatoms. The molecule has 28 heavy (non-hydrogen) atoms. The Kier molecular flexibility index (Phi) is 5.64. The van der Waals surface area contributed by atoms with Crippen molar-refractivity contribution < 1.29 is 4.74 Å². The molecule has 0 saturated carbocycles. The first kappa shape index (κ1) is 19.0. The fourth-order valence-corrected chi connectivity index (χ4v) is 4.52. The highest BCUT2D eigenvalue weighted by atomic mass is 79.9. The predicted octanol–water partition coefficient (Wildman–Crippen LogP) is 5.74. The number of aromatic nitrogens is 3. The molecular formula is C21H21BrN4OS. The summed E-state index contributed by atoms with van der Waals surface area (Å²) in [7, 11) is 0. The lowest BCUT2D eigenvalue weighted by atomic mass is 10.2. The summed E-state index contributed by atoms with van der Waals surface area (Å²) in [5, 5.41) is 6.67. The fraction of sp³-hybridized carbons (Fsp3) is 0.238. The second kappa shape index (κ2) is 8.32. The summed E-state index contributed by atoms with van der Waals surface area (Å²) in [6.45, 7) is 6.43. The van der Waals surface area contributed by atoms with Gasteiger partial charge in [-0.15, -0.1) is 11.3 Å². The van der Waals surface area contributed by atoms with Crippen molar-refractivity contribution in [2.24, 2.45) is 0 Å². The van der Waals surface area contributed by atoms with Crippen LogP contribution < -0.4 is 10.1 Å². The minimum absolute atomic E-state index is 0.664. The van der Waals surface area contributed by atoms with Gasteiger partial charge in [0, 0.05) is 51.7 Å². The molecule has 4 rings (SSSR count). The Morgan fingerprint density at radius 1 is 1.21 bits per heavy atom. The van der Waals surface area contributed by atoms with E-state index in [9.17, 15) is 0 Å². The maximum atomic E-state index is 5.54. The second-order valence-corrected chi connectivity index (χ2v) is 8.17. The van der Waals surface area contributed by atoms with Crippen LogP contribution in [0.3, 0.4) is 0 Å². The summed E-state index contributed by atoms with van der Waals surface area (Å²) >= 11 is 5.26. The number of ether oxygens (including phenoxy) is 1. The first-order chi connectivity index (χ1) is 13.7. The van der Waals surface area contributed by atoms with E-state index in [2.05, 4.69) is 67.0 Å². The van der Waals surface area contributed by atoms with Crippen LogP contribution in [0.1, 0.15) is 12.6 Å². The number of rotatable bonds is 7. The molecule has 3 aromatic heterocycles. The van der Waals surface area contributed by atoms with Gasteiger partial charge in [-0.05, 0) is 32.0 Å². The maximum Gasteiger partial charge on any atom is 0.130 e. The summed E-state index contributed by atoms with van der Waals surface area (Å²) in [5.41, 5.74) is 3.38. The summed E-state index contributed by atoms with van der Waals surface area (Å²) in [6.07, 6.45) is 1.60. The van der Waals surface area contributed by atoms with Crippen LogP contribution in [0.4, 0.5) is 5.82 Å². The summed E-state index contributed by atoms with van der Waals surface area (Å²) in [5.74, 6) is 1.71. The fourth-order valence-electron chi connectivity index (χ4n) is 3.26. The normalized spacial score (nSPS) is 11.1. The number of benzene rings is 1. The molecule has 4 aromatic rings. The third-order valence-electron chi connectivity index (χ3n) is 4.55. The van der Waals surface area contributed by atoms with Crippen LogP contribution in [0.15, 0.2) is 52.6 Å². The van der Waals surface area contributed by atoms with E-state index in [-0.39, 0.29) is 0 Å². The molecule has 0 amide bonds. The van der Waals surface area contributed by atoms with Gasteiger partial charge in [-0.25, -0.2) is 9.97 Å².